The maximum Gasteiger partial charge on any atom is 0.0682 e. The Bertz CT molecular complexity index is 2920. The number of benzene rings is 8. The highest BCUT2D eigenvalue weighted by Crippen LogP contribution is 2.50. The normalized spacial score (nSPS) is 12.8. The molecule has 0 fully saturated rings. The maximum atomic E-state index is 10.1. The molecular weight excluding hydrogens is 697 g/mol. The van der Waals surface area contributed by atoms with Crippen molar-refractivity contribution in [3.63, 3.8) is 0 Å². The van der Waals surface area contributed by atoms with Gasteiger partial charge >= 0.3 is 0 Å². The molecule has 1 aromatic heterocycles. The summed E-state index contributed by atoms with van der Waals surface area (Å²) in [7, 11) is 0. The molecule has 276 valence electrons. The van der Waals surface area contributed by atoms with Gasteiger partial charge in [0.15, 0.2) is 0 Å². The van der Waals surface area contributed by atoms with E-state index in [1.807, 2.05) is 18.2 Å². The number of aliphatic hydroxyl groups is 2. The molecule has 0 bridgehead atoms. The van der Waals surface area contributed by atoms with Crippen LogP contribution in [0.15, 0.2) is 182 Å². The largest absolute Gasteiger partial charge is 0.392 e. The summed E-state index contributed by atoms with van der Waals surface area (Å²) in [5, 5.41) is 21.9. The zero-order valence-corrected chi connectivity index (χ0v) is 32.0. The van der Waals surface area contributed by atoms with Crippen LogP contribution in [0.4, 0.5) is 17.1 Å². The molecule has 0 atom stereocenters. The fourth-order valence-corrected chi connectivity index (χ4v) is 8.89. The minimum absolute atomic E-state index is 0.00798. The van der Waals surface area contributed by atoms with Crippen LogP contribution in [0.2, 0.25) is 0 Å². The topological polar surface area (TPSA) is 48.6 Å². The molecule has 8 aromatic carbocycles. The minimum atomic E-state index is -0.114. The molecule has 9 aromatic rings. The first-order valence-electron chi connectivity index (χ1n) is 19.6. The van der Waals surface area contributed by atoms with Crippen LogP contribution in [-0.2, 0) is 18.6 Å². The van der Waals surface area contributed by atoms with Crippen LogP contribution < -0.4 is 4.90 Å². The lowest BCUT2D eigenvalue weighted by Crippen LogP contribution is -2.16. The second kappa shape index (κ2) is 13.8. The van der Waals surface area contributed by atoms with Gasteiger partial charge in [-0.1, -0.05) is 123 Å². The summed E-state index contributed by atoms with van der Waals surface area (Å²) in [5.74, 6) is 0. The number of anilines is 3. The first kappa shape index (κ1) is 34.7. The molecule has 4 nitrogen and oxygen atoms in total. The smallest absolute Gasteiger partial charge is 0.0682 e. The van der Waals surface area contributed by atoms with Crippen molar-refractivity contribution >= 4 is 38.9 Å². The summed E-state index contributed by atoms with van der Waals surface area (Å²) in [4.78, 5) is 2.37. The molecule has 0 saturated heterocycles. The van der Waals surface area contributed by atoms with Crippen LogP contribution in [0.25, 0.3) is 60.9 Å². The Hall–Kier alpha value is -6.72. The van der Waals surface area contributed by atoms with Crippen LogP contribution in [0.5, 0.6) is 0 Å². The summed E-state index contributed by atoms with van der Waals surface area (Å²) in [5.41, 5.74) is 18.1. The third-order valence-electron chi connectivity index (χ3n) is 11.9. The Balaban J connectivity index is 1.07. The van der Waals surface area contributed by atoms with Gasteiger partial charge in [0.1, 0.15) is 0 Å². The van der Waals surface area contributed by atoms with Crippen molar-refractivity contribution < 1.29 is 10.2 Å². The molecule has 10 rings (SSSR count). The zero-order chi connectivity index (χ0) is 38.7. The van der Waals surface area contributed by atoms with Crippen molar-refractivity contribution in [3.05, 3.63) is 204 Å². The van der Waals surface area contributed by atoms with E-state index in [1.54, 1.807) is 0 Å². The molecule has 0 unspecified atom stereocenters. The van der Waals surface area contributed by atoms with E-state index in [0.717, 1.165) is 66.8 Å². The molecule has 0 saturated carbocycles. The predicted molar refractivity (Wildman–Crippen MR) is 236 cm³/mol. The van der Waals surface area contributed by atoms with Gasteiger partial charge in [0.2, 0.25) is 0 Å². The number of fused-ring (bicyclic) bond motifs is 6. The third-order valence-corrected chi connectivity index (χ3v) is 11.9. The average Bonchev–Trinajstić information content (AvgIpc) is 3.71. The van der Waals surface area contributed by atoms with Gasteiger partial charge in [0, 0.05) is 38.9 Å². The fraction of sp³-hybridized carbons (Fsp3) is 0.0943. The quantitative estimate of drug-likeness (QED) is 0.163. The first-order valence-corrected chi connectivity index (χ1v) is 19.6. The van der Waals surface area contributed by atoms with Gasteiger partial charge in [-0.05, 0) is 128 Å². The number of rotatable bonds is 8. The highest BCUT2D eigenvalue weighted by molar-refractivity contribution is 6.10. The van der Waals surface area contributed by atoms with Crippen molar-refractivity contribution in [3.8, 4) is 39.1 Å². The Morgan fingerprint density at radius 2 is 0.965 bits per heavy atom. The van der Waals surface area contributed by atoms with E-state index < -0.39 is 0 Å². The molecule has 0 radical (unpaired) electrons. The summed E-state index contributed by atoms with van der Waals surface area (Å²) in [6.45, 7) is 4.66. The molecule has 0 aliphatic heterocycles. The molecule has 0 amide bonds. The van der Waals surface area contributed by atoms with E-state index in [1.165, 1.54) is 33.4 Å². The van der Waals surface area contributed by atoms with Gasteiger partial charge in [-0.15, -0.1) is 0 Å². The second-order valence-electron chi connectivity index (χ2n) is 15.6. The van der Waals surface area contributed by atoms with E-state index in [2.05, 4.69) is 187 Å². The van der Waals surface area contributed by atoms with Crippen LogP contribution in [0.3, 0.4) is 0 Å². The maximum absolute atomic E-state index is 10.1. The lowest BCUT2D eigenvalue weighted by Gasteiger charge is -2.28. The van der Waals surface area contributed by atoms with Crippen molar-refractivity contribution in [2.75, 3.05) is 4.90 Å². The molecule has 1 aliphatic rings. The minimum Gasteiger partial charge on any atom is -0.392 e. The van der Waals surface area contributed by atoms with Crippen molar-refractivity contribution in [1.29, 1.82) is 0 Å². The summed E-state index contributed by atoms with van der Waals surface area (Å²) >= 11 is 0. The number of aliphatic hydroxyl groups excluding tert-OH is 2. The first-order chi connectivity index (χ1) is 27.9. The van der Waals surface area contributed by atoms with Crippen molar-refractivity contribution in [2.24, 2.45) is 0 Å². The molecule has 0 spiro atoms. The molecule has 1 aliphatic carbocycles. The Morgan fingerprint density at radius 3 is 1.65 bits per heavy atom. The Morgan fingerprint density at radius 1 is 0.439 bits per heavy atom. The lowest BCUT2D eigenvalue weighted by molar-refractivity contribution is 0.281. The van der Waals surface area contributed by atoms with Crippen LogP contribution in [-0.4, -0.2) is 14.8 Å². The average molecular weight is 739 g/mol. The number of nitrogens with zero attached hydrogens (tertiary/aromatic N) is 2. The predicted octanol–water partition coefficient (Wildman–Crippen LogP) is 12.9. The number of hydrogen-bond acceptors (Lipinski definition) is 3. The number of hydrogen-bond donors (Lipinski definition) is 2. The van der Waals surface area contributed by atoms with Gasteiger partial charge in [0.05, 0.1) is 24.2 Å². The van der Waals surface area contributed by atoms with E-state index in [9.17, 15) is 10.2 Å². The molecule has 2 N–H and O–H groups in total. The monoisotopic (exact) mass is 738 g/mol. The molecule has 1 heterocycles. The third kappa shape index (κ3) is 5.85. The van der Waals surface area contributed by atoms with E-state index >= 15 is 0 Å². The lowest BCUT2D eigenvalue weighted by atomic mass is 9.82. The van der Waals surface area contributed by atoms with Crippen LogP contribution in [0.1, 0.15) is 36.1 Å². The van der Waals surface area contributed by atoms with Crippen LogP contribution in [0, 0.1) is 0 Å². The van der Waals surface area contributed by atoms with Gasteiger partial charge in [-0.2, -0.15) is 0 Å². The van der Waals surface area contributed by atoms with Gasteiger partial charge in [0.25, 0.3) is 0 Å². The highest BCUT2D eigenvalue weighted by atomic mass is 16.3. The van der Waals surface area contributed by atoms with E-state index in [0.29, 0.717) is 0 Å². The van der Waals surface area contributed by atoms with E-state index in [-0.39, 0.29) is 18.6 Å². The Labute approximate surface area is 333 Å². The highest BCUT2D eigenvalue weighted by Gasteiger charge is 2.35. The van der Waals surface area contributed by atoms with Gasteiger partial charge in [-0.3, -0.25) is 0 Å². The number of aromatic nitrogens is 1. The summed E-state index contributed by atoms with van der Waals surface area (Å²) in [6, 6.07) is 65.0. The van der Waals surface area contributed by atoms with E-state index in [4.69, 9.17) is 0 Å². The van der Waals surface area contributed by atoms with Gasteiger partial charge < -0.3 is 19.7 Å². The van der Waals surface area contributed by atoms with Crippen molar-refractivity contribution in [1.82, 2.24) is 4.57 Å². The SMILES string of the molecule is CC1(C)c2ccccc2-c2ccc(N(c3ccc(-c4ccccc4)cc3)c3ccc(-c4ccc5c(c4)c4cc(CO)ccc4n5-c4ccc(CO)cc4)cc3)cc21. The summed E-state index contributed by atoms with van der Waals surface area (Å²) in [6.07, 6.45) is 0. The second-order valence-corrected chi connectivity index (χ2v) is 15.6. The van der Waals surface area contributed by atoms with Gasteiger partial charge in [-0.25, -0.2) is 0 Å². The molecule has 4 heteroatoms. The Kier molecular flexibility index (Phi) is 8.40. The summed E-state index contributed by atoms with van der Waals surface area (Å²) < 4.78 is 2.26. The molecular formula is C53H42N2O2. The standard InChI is InChI=1S/C53H42N2O2/c1-53(2)49-11-7-6-10-45(49)46-27-26-44(32-50(46)53)54(41-22-15-38(16-23-41)37-8-4-3-5-9-37)42-24-17-39(18-25-42)40-19-29-52-48(31-40)47-30-36(34-57)14-28-51(47)55(52)43-20-12-35(33-56)13-21-43/h3-32,56-57H,33-34H2,1-2H3. The van der Waals surface area contributed by atoms with Crippen molar-refractivity contribution in [2.45, 2.75) is 32.5 Å². The molecule has 57 heavy (non-hydrogen) atoms. The van der Waals surface area contributed by atoms with Crippen LogP contribution >= 0.6 is 0 Å². The zero-order valence-electron chi connectivity index (χ0n) is 32.0. The fourth-order valence-electron chi connectivity index (χ4n) is 8.89.